The van der Waals surface area contributed by atoms with E-state index in [1.165, 1.54) is 46.6 Å². The van der Waals surface area contributed by atoms with E-state index in [2.05, 4.69) is 5.32 Å². The number of allylic oxidation sites excluding steroid dienone is 1. The first-order chi connectivity index (χ1) is 17.4. The Morgan fingerprint density at radius 3 is 2.49 bits per heavy atom. The molecule has 1 aliphatic heterocycles. The van der Waals surface area contributed by atoms with Gasteiger partial charge in [0.2, 0.25) is 10.0 Å². The maximum Gasteiger partial charge on any atom is 0.338 e. The van der Waals surface area contributed by atoms with Crippen LogP contribution in [0.15, 0.2) is 70.8 Å². The molecule has 198 valence electrons. The number of rotatable bonds is 10. The number of hydrogen-bond acceptors (Lipinski definition) is 7. The average Bonchev–Trinajstić information content (AvgIpc) is 2.84. The number of nitro benzene ring substituents is 1. The number of nitrogens with one attached hydrogen (secondary N) is 1. The second kappa shape index (κ2) is 11.5. The number of carbonyl (C=O) groups excluding carboxylic acids is 2. The van der Waals surface area contributed by atoms with Gasteiger partial charge in [0.15, 0.2) is 0 Å². The van der Waals surface area contributed by atoms with E-state index in [0.717, 1.165) is 0 Å². The van der Waals surface area contributed by atoms with Crippen molar-refractivity contribution in [3.8, 4) is 0 Å². The maximum atomic E-state index is 13.1. The van der Waals surface area contributed by atoms with E-state index in [1.807, 2.05) is 0 Å². The molecule has 0 bridgehead atoms. The normalized spacial score (nSPS) is 16.2. The van der Waals surface area contributed by atoms with Crippen molar-refractivity contribution in [2.24, 2.45) is 0 Å². The lowest BCUT2D eigenvalue weighted by atomic mass is 9.93. The summed E-state index contributed by atoms with van der Waals surface area (Å²) in [4.78, 5) is 38.5. The zero-order valence-corrected chi connectivity index (χ0v) is 21.9. The van der Waals surface area contributed by atoms with Gasteiger partial charge in [0.25, 0.3) is 5.69 Å². The zero-order valence-electron chi connectivity index (χ0n) is 21.1. The van der Waals surface area contributed by atoms with Gasteiger partial charge in [-0.25, -0.2) is 22.3 Å². The van der Waals surface area contributed by atoms with Gasteiger partial charge in [-0.3, -0.25) is 10.1 Å². The van der Waals surface area contributed by atoms with Crippen molar-refractivity contribution in [2.45, 2.75) is 44.2 Å². The van der Waals surface area contributed by atoms with E-state index < -0.39 is 39.1 Å². The quantitative estimate of drug-likeness (QED) is 0.281. The van der Waals surface area contributed by atoms with Gasteiger partial charge in [0, 0.05) is 38.0 Å². The molecule has 0 saturated carbocycles. The molecule has 1 N–H and O–H groups in total. The van der Waals surface area contributed by atoms with Crippen molar-refractivity contribution < 1.29 is 27.7 Å². The lowest BCUT2D eigenvalue weighted by Crippen LogP contribution is -2.49. The van der Waals surface area contributed by atoms with Crippen molar-refractivity contribution in [3.63, 3.8) is 0 Å². The molecule has 1 atom stereocenters. The monoisotopic (exact) mass is 530 g/mol. The van der Waals surface area contributed by atoms with E-state index in [1.54, 1.807) is 45.0 Å². The van der Waals surface area contributed by atoms with Crippen LogP contribution in [0, 0.1) is 10.1 Å². The van der Waals surface area contributed by atoms with Crippen LogP contribution < -0.4 is 5.32 Å². The molecule has 1 heterocycles. The molecule has 2 aromatic rings. The van der Waals surface area contributed by atoms with Gasteiger partial charge in [-0.1, -0.05) is 30.3 Å². The molecule has 0 aromatic heterocycles. The van der Waals surface area contributed by atoms with Crippen molar-refractivity contribution in [1.82, 2.24) is 14.5 Å². The van der Waals surface area contributed by atoms with Crippen LogP contribution >= 0.6 is 0 Å². The predicted molar refractivity (Wildman–Crippen MR) is 136 cm³/mol. The van der Waals surface area contributed by atoms with E-state index in [0.29, 0.717) is 5.56 Å². The Bertz CT molecular complexity index is 1310. The molecule has 2 amide bonds. The fourth-order valence-corrected chi connectivity index (χ4v) is 5.29. The van der Waals surface area contributed by atoms with Crippen LogP contribution in [-0.2, 0) is 19.6 Å². The van der Waals surface area contributed by atoms with Crippen LogP contribution in [0.5, 0.6) is 0 Å². The molecule has 0 fully saturated rings. The number of urea groups is 1. The number of hydrogen-bond donors (Lipinski definition) is 1. The second-order valence-electron chi connectivity index (χ2n) is 8.86. The van der Waals surface area contributed by atoms with Crippen LogP contribution in [0.2, 0.25) is 0 Å². The number of amides is 2. The number of esters is 1. The molecule has 2 aromatic carbocycles. The summed E-state index contributed by atoms with van der Waals surface area (Å²) in [6, 6.07) is 12.2. The molecule has 0 radical (unpaired) electrons. The second-order valence-corrected chi connectivity index (χ2v) is 10.9. The molecule has 0 aliphatic carbocycles. The topological polar surface area (TPSA) is 139 Å². The van der Waals surface area contributed by atoms with E-state index in [4.69, 9.17) is 4.74 Å². The number of nitro groups is 1. The first kappa shape index (κ1) is 27.8. The summed E-state index contributed by atoms with van der Waals surface area (Å²) in [6.45, 7) is 5.12. The Labute approximate surface area is 215 Å². The molecule has 11 nitrogen and oxygen atoms in total. The highest BCUT2D eigenvalue weighted by molar-refractivity contribution is 7.89. The van der Waals surface area contributed by atoms with E-state index in [9.17, 15) is 28.1 Å². The summed E-state index contributed by atoms with van der Waals surface area (Å²) >= 11 is 0. The minimum atomic E-state index is -3.73. The van der Waals surface area contributed by atoms with Gasteiger partial charge < -0.3 is 15.0 Å². The van der Waals surface area contributed by atoms with Gasteiger partial charge >= 0.3 is 12.0 Å². The van der Waals surface area contributed by atoms with Crippen molar-refractivity contribution in [1.29, 1.82) is 0 Å². The fourth-order valence-electron chi connectivity index (χ4n) is 4.06. The van der Waals surface area contributed by atoms with Crippen LogP contribution in [0.3, 0.4) is 0 Å². The standard InChI is InChI=1S/C25H30N4O7S/c1-17(2)36-24(30)22-18(3)26-25(31)28(23(22)19-10-8-11-20(16-19)29(32)33)15-9-14-27(4)37(34,35)21-12-6-5-7-13-21/h5-8,10-13,16-17,23H,9,14-15H2,1-4H3,(H,26,31). The molecule has 0 spiro atoms. The highest BCUT2D eigenvalue weighted by atomic mass is 32.2. The van der Waals surface area contributed by atoms with Gasteiger partial charge in [-0.15, -0.1) is 0 Å². The molecular weight excluding hydrogens is 500 g/mol. The van der Waals surface area contributed by atoms with Crippen LogP contribution in [0.4, 0.5) is 10.5 Å². The Morgan fingerprint density at radius 1 is 1.19 bits per heavy atom. The fraction of sp³-hybridized carbons (Fsp3) is 0.360. The SMILES string of the molecule is CC1=C(C(=O)OC(C)C)C(c2cccc([N+](=O)[O-])c2)N(CCCN(C)S(=O)(=O)c2ccccc2)C(=O)N1. The van der Waals surface area contributed by atoms with E-state index in [-0.39, 0.29) is 41.4 Å². The Morgan fingerprint density at radius 2 is 1.86 bits per heavy atom. The smallest absolute Gasteiger partial charge is 0.338 e. The summed E-state index contributed by atoms with van der Waals surface area (Å²) in [5, 5.41) is 14.1. The molecule has 1 aliphatic rings. The number of sulfonamides is 1. The maximum absolute atomic E-state index is 13.1. The largest absolute Gasteiger partial charge is 0.459 e. The van der Waals surface area contributed by atoms with Gasteiger partial charge in [0.1, 0.15) is 0 Å². The lowest BCUT2D eigenvalue weighted by molar-refractivity contribution is -0.384. The molecule has 0 saturated heterocycles. The van der Waals surface area contributed by atoms with Gasteiger partial charge in [-0.05, 0) is 44.9 Å². The lowest BCUT2D eigenvalue weighted by Gasteiger charge is -2.38. The number of nitrogens with zero attached hydrogens (tertiary/aromatic N) is 3. The van der Waals surface area contributed by atoms with Crippen molar-refractivity contribution >= 4 is 27.7 Å². The molecule has 37 heavy (non-hydrogen) atoms. The highest BCUT2D eigenvalue weighted by Gasteiger charge is 2.39. The van der Waals surface area contributed by atoms with Crippen LogP contribution in [-0.4, -0.2) is 60.8 Å². The number of ether oxygens (including phenoxy) is 1. The minimum absolute atomic E-state index is 0.0690. The summed E-state index contributed by atoms with van der Waals surface area (Å²) < 4.78 is 32.3. The number of benzene rings is 2. The summed E-state index contributed by atoms with van der Waals surface area (Å²) in [5.74, 6) is -0.655. The zero-order chi connectivity index (χ0) is 27.3. The Hall–Kier alpha value is -3.77. The predicted octanol–water partition coefficient (Wildman–Crippen LogP) is 3.60. The third kappa shape index (κ3) is 6.33. The summed E-state index contributed by atoms with van der Waals surface area (Å²) in [6.07, 6.45) is -0.186. The minimum Gasteiger partial charge on any atom is -0.459 e. The van der Waals surface area contributed by atoms with Crippen molar-refractivity contribution in [2.75, 3.05) is 20.1 Å². The first-order valence-electron chi connectivity index (χ1n) is 11.7. The van der Waals surface area contributed by atoms with Gasteiger partial charge in [0.05, 0.1) is 27.5 Å². The molecule has 12 heteroatoms. The van der Waals surface area contributed by atoms with Crippen molar-refractivity contribution in [3.05, 3.63) is 81.5 Å². The molecule has 1 unspecified atom stereocenters. The average molecular weight is 531 g/mol. The molecular formula is C25H30N4O7S. The van der Waals surface area contributed by atoms with Crippen LogP contribution in [0.25, 0.3) is 0 Å². The first-order valence-corrected chi connectivity index (χ1v) is 13.1. The molecule has 3 rings (SSSR count). The summed E-state index contributed by atoms with van der Waals surface area (Å²) in [5.41, 5.74) is 0.613. The van der Waals surface area contributed by atoms with E-state index >= 15 is 0 Å². The Balaban J connectivity index is 1.91. The number of carbonyl (C=O) groups is 2. The third-order valence-electron chi connectivity index (χ3n) is 5.83. The summed E-state index contributed by atoms with van der Waals surface area (Å²) in [7, 11) is -2.28. The number of non-ortho nitro benzene ring substituents is 1. The van der Waals surface area contributed by atoms with Crippen LogP contribution in [0.1, 0.15) is 38.8 Å². The third-order valence-corrected chi connectivity index (χ3v) is 7.70. The van der Waals surface area contributed by atoms with Gasteiger partial charge in [-0.2, -0.15) is 0 Å². The highest BCUT2D eigenvalue weighted by Crippen LogP contribution is 2.36. The Kier molecular flexibility index (Phi) is 8.66.